The van der Waals surface area contributed by atoms with Gasteiger partial charge in [-0.05, 0) is 85.6 Å². The molecule has 77 heavy (non-hydrogen) atoms. The fourth-order valence-electron chi connectivity index (χ4n) is 6.74. The van der Waals surface area contributed by atoms with E-state index in [0.29, 0.717) is 16.5 Å². The van der Waals surface area contributed by atoms with Crippen molar-refractivity contribution in [2.75, 3.05) is 0 Å². The van der Waals surface area contributed by atoms with Gasteiger partial charge in [-0.25, -0.2) is 0 Å². The Morgan fingerprint density at radius 1 is 0.208 bits per heavy atom. The highest BCUT2D eigenvalue weighted by molar-refractivity contribution is 5.69. The second-order valence-corrected chi connectivity index (χ2v) is 24.4. The lowest BCUT2D eigenvalue weighted by Crippen LogP contribution is -2.11. The van der Waals surface area contributed by atoms with Gasteiger partial charge in [-0.3, -0.25) is 0 Å². The lowest BCUT2D eigenvalue weighted by molar-refractivity contribution is 0.316. The molecule has 0 unspecified atom stereocenters. The zero-order valence-corrected chi connectivity index (χ0v) is 47.6. The largest absolute Gasteiger partial charge is 0.504 e. The maximum atomic E-state index is 9.54. The molecule has 426 valence electrons. The molecule has 17 N–H and O–H groups in total. The van der Waals surface area contributed by atoms with Crippen molar-refractivity contribution in [2.24, 2.45) is 0 Å². The van der Waals surface area contributed by atoms with E-state index in [9.17, 15) is 61.3 Å². The predicted octanol–water partition coefficient (Wildman–Crippen LogP) is 12.9. The van der Waals surface area contributed by atoms with Gasteiger partial charge >= 0.3 is 0 Å². The van der Waals surface area contributed by atoms with Crippen LogP contribution in [0.3, 0.4) is 0 Å². The molecule has 0 aromatic heterocycles. The molecule has 6 aromatic rings. The van der Waals surface area contributed by atoms with Crippen LogP contribution in [0.2, 0.25) is 0 Å². The van der Waals surface area contributed by atoms with Crippen LogP contribution < -0.4 is 0 Å². The van der Waals surface area contributed by atoms with Gasteiger partial charge in [0, 0.05) is 16.7 Å². The molecule has 0 heterocycles. The highest BCUT2D eigenvalue weighted by Gasteiger charge is 2.31. The molecule has 0 fully saturated rings. The van der Waals surface area contributed by atoms with Crippen LogP contribution in [-0.4, -0.2) is 86.8 Å². The van der Waals surface area contributed by atoms with Crippen LogP contribution in [0.4, 0.5) is 0 Å². The first-order valence-electron chi connectivity index (χ1n) is 24.3. The van der Waals surface area contributed by atoms with Crippen LogP contribution >= 0.6 is 0 Å². The minimum Gasteiger partial charge on any atom is -0.504 e. The van der Waals surface area contributed by atoms with Crippen molar-refractivity contribution < 1.29 is 86.8 Å². The van der Waals surface area contributed by atoms with E-state index in [-0.39, 0.29) is 56.3 Å². The summed E-state index contributed by atoms with van der Waals surface area (Å²) in [6, 6.07) is 22.6. The van der Waals surface area contributed by atoms with Gasteiger partial charge in [-0.2, -0.15) is 0 Å². The quantitative estimate of drug-likeness (QED) is 0.0496. The molecule has 6 aromatic carbocycles. The first-order chi connectivity index (χ1) is 34.6. The average Bonchev–Trinajstić information content (AvgIpc) is 3.29. The number of hydrogen-bond donors (Lipinski definition) is 17. The zero-order chi connectivity index (χ0) is 60.5. The van der Waals surface area contributed by atoms with E-state index in [4.69, 9.17) is 25.5 Å². The molecule has 17 nitrogen and oxygen atoms in total. The molecular weight excluding hydrogens is 993 g/mol. The normalized spacial score (nSPS) is 11.6. The number of benzene rings is 6. The smallest absolute Gasteiger partial charge is 0.208 e. The lowest BCUT2D eigenvalue weighted by Gasteiger charge is -2.23. The summed E-state index contributed by atoms with van der Waals surface area (Å²) in [5.74, 6) is -8.24. The van der Waals surface area contributed by atoms with Crippen LogP contribution in [0.5, 0.6) is 97.7 Å². The first-order valence-corrected chi connectivity index (χ1v) is 24.3. The van der Waals surface area contributed by atoms with Crippen molar-refractivity contribution in [2.45, 2.75) is 157 Å². The summed E-state index contributed by atoms with van der Waals surface area (Å²) in [7, 11) is 0. The highest BCUT2D eigenvalue weighted by atomic mass is 16.4. The zero-order valence-electron chi connectivity index (χ0n) is 47.6. The second kappa shape index (κ2) is 25.2. The Labute approximate surface area is 452 Å². The minimum absolute atomic E-state index is 0.00514. The van der Waals surface area contributed by atoms with Gasteiger partial charge in [-0.15, -0.1) is 0 Å². The van der Waals surface area contributed by atoms with Crippen molar-refractivity contribution in [3.63, 3.8) is 0 Å². The maximum Gasteiger partial charge on any atom is 0.208 e. The van der Waals surface area contributed by atoms with Gasteiger partial charge in [0.1, 0.15) is 0 Å². The Balaban J connectivity index is 0.000000464. The molecule has 6 rings (SSSR count). The SMILES string of the molecule is CC(C)(C)c1c(O)c(O)c(O)c(O)c1O.CC(C)(C)c1cc(O)c(O)c(O)c1.CC(C)(C)c1cc(O)c(O)c(O)c1O.CC(C)(C)c1ccc(O)c(O)c1.CC(C)(C)c1ccc(O)c(O)c1O.CC(C)(C)c1ccccc1. The third kappa shape index (κ3) is 18.6. The summed E-state index contributed by atoms with van der Waals surface area (Å²) in [6.45, 7) is 34.9. The van der Waals surface area contributed by atoms with Crippen molar-refractivity contribution in [1.29, 1.82) is 0 Å². The number of aromatic hydroxyl groups is 17. The molecule has 17 heteroatoms. The van der Waals surface area contributed by atoms with E-state index < -0.39 is 74.1 Å². The lowest BCUT2D eigenvalue weighted by atomic mass is 9.85. The third-order valence-electron chi connectivity index (χ3n) is 11.5. The van der Waals surface area contributed by atoms with Crippen molar-refractivity contribution in [3.8, 4) is 97.7 Å². The Hall–Kier alpha value is -8.08. The number of phenolic OH excluding ortho intramolecular Hbond substituents is 17. The fraction of sp³-hybridized carbons (Fsp3) is 0.400. The molecule has 0 bridgehead atoms. The Morgan fingerprint density at radius 2 is 0.545 bits per heavy atom. The summed E-state index contributed by atoms with van der Waals surface area (Å²) < 4.78 is 0. The van der Waals surface area contributed by atoms with E-state index in [1.54, 1.807) is 32.9 Å². The van der Waals surface area contributed by atoms with Crippen molar-refractivity contribution >= 4 is 0 Å². The molecule has 0 spiro atoms. The maximum absolute atomic E-state index is 9.54. The predicted molar refractivity (Wildman–Crippen MR) is 299 cm³/mol. The topological polar surface area (TPSA) is 344 Å². The van der Waals surface area contributed by atoms with E-state index in [2.05, 4.69) is 71.9 Å². The van der Waals surface area contributed by atoms with Crippen LogP contribution in [0.1, 0.15) is 158 Å². The van der Waals surface area contributed by atoms with Gasteiger partial charge in [0.2, 0.25) is 34.5 Å². The van der Waals surface area contributed by atoms with E-state index in [0.717, 1.165) is 11.1 Å². The first kappa shape index (κ1) is 66.9. The second-order valence-electron chi connectivity index (χ2n) is 24.4. The molecule has 0 saturated heterocycles. The Morgan fingerprint density at radius 3 is 0.909 bits per heavy atom. The highest BCUT2D eigenvalue weighted by Crippen LogP contribution is 2.54. The number of rotatable bonds is 0. The molecule has 0 aliphatic rings. The Bertz CT molecular complexity index is 2870. The minimum atomic E-state index is -0.932. The monoisotopic (exact) mass is 1080 g/mol. The van der Waals surface area contributed by atoms with Gasteiger partial charge in [-0.1, -0.05) is 167 Å². The average molecular weight is 1080 g/mol. The van der Waals surface area contributed by atoms with Crippen molar-refractivity contribution in [1.82, 2.24) is 0 Å². The fourth-order valence-corrected chi connectivity index (χ4v) is 6.74. The van der Waals surface area contributed by atoms with Crippen molar-refractivity contribution in [3.05, 3.63) is 112 Å². The molecule has 0 atom stereocenters. The molecule has 0 aliphatic heterocycles. The van der Waals surface area contributed by atoms with Crippen LogP contribution in [0.25, 0.3) is 0 Å². The van der Waals surface area contributed by atoms with Crippen LogP contribution in [-0.2, 0) is 32.5 Å². The Kier molecular flexibility index (Phi) is 21.9. The van der Waals surface area contributed by atoms with E-state index in [1.165, 1.54) is 35.9 Å². The summed E-state index contributed by atoms with van der Waals surface area (Å²) in [5, 5.41) is 158. The van der Waals surface area contributed by atoms with Gasteiger partial charge in [0.25, 0.3) is 0 Å². The molecule has 0 aliphatic carbocycles. The van der Waals surface area contributed by atoms with E-state index in [1.807, 2.05) is 68.4 Å². The van der Waals surface area contributed by atoms with Crippen LogP contribution in [0, 0.1) is 0 Å². The molecule has 0 radical (unpaired) electrons. The van der Waals surface area contributed by atoms with Gasteiger partial charge < -0.3 is 86.8 Å². The number of phenols is 17. The molecule has 0 saturated carbocycles. The van der Waals surface area contributed by atoms with Crippen LogP contribution in [0.15, 0.2) is 78.9 Å². The summed E-state index contributed by atoms with van der Waals surface area (Å²) >= 11 is 0. The summed E-state index contributed by atoms with van der Waals surface area (Å²) in [4.78, 5) is 0. The van der Waals surface area contributed by atoms with E-state index >= 15 is 0 Å². The summed E-state index contributed by atoms with van der Waals surface area (Å²) in [5.41, 5.74) is 2.94. The van der Waals surface area contributed by atoms with Gasteiger partial charge in [0.05, 0.1) is 0 Å². The third-order valence-corrected chi connectivity index (χ3v) is 11.5. The summed E-state index contributed by atoms with van der Waals surface area (Å²) in [6.07, 6.45) is 0. The molecule has 0 amide bonds. The van der Waals surface area contributed by atoms with Gasteiger partial charge in [0.15, 0.2) is 63.2 Å². The standard InChI is InChI=1S/C10H14O5.C10H14O4.2C10H14O3.C10H14O2.C10H14/c1-10(2,3)4-5(11)7(13)9(15)8(14)6(4)12;1-10(2,3)5-4-6(11)8(13)9(14)7(5)12;1-10(2,3)6-4-7(11)9(13)8(12)5-6;1-10(2,3)6-4-5-7(11)9(13)8(6)12;1-10(2,3)7-4-5-8(11)9(12)6-7;1-10(2,3)9-7-5-4-6-8-9/h11-15H,1-3H3;4,11-14H,1-3H3;2*4-5,11-13H,1-3H3;4-6,11-12H,1-3H3;4-8H,1-3H3. The number of hydrogen-bond acceptors (Lipinski definition) is 17. The molecular formula is C60H84O17.